The van der Waals surface area contributed by atoms with Crippen molar-refractivity contribution in [1.82, 2.24) is 0 Å². The van der Waals surface area contributed by atoms with E-state index < -0.39 is 5.97 Å². The van der Waals surface area contributed by atoms with E-state index in [4.69, 9.17) is 10.8 Å². The number of aliphatic carboxylic acids is 1. The summed E-state index contributed by atoms with van der Waals surface area (Å²) in [7, 11) is 0. The highest BCUT2D eigenvalue weighted by Gasteiger charge is 2.10. The quantitative estimate of drug-likeness (QED) is 0.701. The normalized spacial score (nSPS) is 11.9. The van der Waals surface area contributed by atoms with E-state index in [0.29, 0.717) is 25.1 Å². The molecule has 1 atom stereocenters. The summed E-state index contributed by atoms with van der Waals surface area (Å²) in [6.45, 7) is 2.36. The number of hydrogen-bond acceptors (Lipinski definition) is 3. The van der Waals surface area contributed by atoms with E-state index >= 15 is 0 Å². The zero-order valence-corrected chi connectivity index (χ0v) is 11.1. The molecule has 0 fully saturated rings. The van der Waals surface area contributed by atoms with E-state index in [1.165, 1.54) is 0 Å². The first kappa shape index (κ1) is 15.2. The number of nitrogens with two attached hydrogens (primary N) is 1. The lowest BCUT2D eigenvalue weighted by Gasteiger charge is -2.10. The Kier molecular flexibility index (Phi) is 6.02. The number of benzene rings is 1. The Morgan fingerprint density at radius 3 is 2.47 bits per heavy atom. The molecule has 5 heteroatoms. The summed E-state index contributed by atoms with van der Waals surface area (Å²) in [4.78, 5) is 22.1. The lowest BCUT2D eigenvalue weighted by atomic mass is 9.98. The van der Waals surface area contributed by atoms with Crippen LogP contribution in [0.25, 0.3) is 0 Å². The molecule has 1 rings (SSSR count). The molecular formula is C14H20N2O3. The third-order valence-electron chi connectivity index (χ3n) is 2.85. The lowest BCUT2D eigenvalue weighted by molar-refractivity contribution is -0.137. The molecule has 0 saturated carbocycles. The van der Waals surface area contributed by atoms with Crippen molar-refractivity contribution in [3.05, 3.63) is 29.8 Å². The predicted molar refractivity (Wildman–Crippen MR) is 74.0 cm³/mol. The number of nitrogens with one attached hydrogen (secondary N) is 1. The van der Waals surface area contributed by atoms with E-state index in [9.17, 15) is 9.59 Å². The summed E-state index contributed by atoms with van der Waals surface area (Å²) in [5.41, 5.74) is 7.00. The SMILES string of the molecule is CC(CC(=O)O)c1ccc(NC(=O)CCCN)cc1. The van der Waals surface area contributed by atoms with Gasteiger partial charge < -0.3 is 16.2 Å². The van der Waals surface area contributed by atoms with Gasteiger partial charge >= 0.3 is 5.97 Å². The van der Waals surface area contributed by atoms with E-state index in [1.807, 2.05) is 19.1 Å². The minimum Gasteiger partial charge on any atom is -0.481 e. The molecule has 1 amide bonds. The van der Waals surface area contributed by atoms with Gasteiger partial charge in [-0.05, 0) is 36.6 Å². The molecule has 1 unspecified atom stereocenters. The Balaban J connectivity index is 2.56. The van der Waals surface area contributed by atoms with Crippen LogP contribution in [-0.2, 0) is 9.59 Å². The van der Waals surface area contributed by atoms with Gasteiger partial charge in [-0.2, -0.15) is 0 Å². The summed E-state index contributed by atoms with van der Waals surface area (Å²) < 4.78 is 0. The third-order valence-corrected chi connectivity index (χ3v) is 2.85. The molecule has 1 aromatic rings. The van der Waals surface area contributed by atoms with Crippen LogP contribution in [0.4, 0.5) is 5.69 Å². The van der Waals surface area contributed by atoms with Gasteiger partial charge in [0, 0.05) is 12.1 Å². The van der Waals surface area contributed by atoms with Crippen LogP contribution in [0.1, 0.15) is 37.7 Å². The van der Waals surface area contributed by atoms with Crippen molar-refractivity contribution >= 4 is 17.6 Å². The van der Waals surface area contributed by atoms with Crippen LogP contribution in [-0.4, -0.2) is 23.5 Å². The minimum atomic E-state index is -0.813. The molecule has 0 aromatic heterocycles. The van der Waals surface area contributed by atoms with E-state index in [1.54, 1.807) is 12.1 Å². The highest BCUT2D eigenvalue weighted by atomic mass is 16.4. The average molecular weight is 264 g/mol. The van der Waals surface area contributed by atoms with Gasteiger partial charge in [-0.25, -0.2) is 0 Å². The second kappa shape index (κ2) is 7.53. The highest BCUT2D eigenvalue weighted by Crippen LogP contribution is 2.21. The van der Waals surface area contributed by atoms with Crippen molar-refractivity contribution in [2.75, 3.05) is 11.9 Å². The van der Waals surface area contributed by atoms with Crippen LogP contribution < -0.4 is 11.1 Å². The second-order valence-electron chi connectivity index (χ2n) is 4.56. The zero-order chi connectivity index (χ0) is 14.3. The Labute approximate surface area is 112 Å². The van der Waals surface area contributed by atoms with Crippen LogP contribution in [0.3, 0.4) is 0 Å². The molecule has 0 spiro atoms. The maximum Gasteiger partial charge on any atom is 0.303 e. The predicted octanol–water partition coefficient (Wildman–Crippen LogP) is 1.94. The molecule has 4 N–H and O–H groups in total. The Hall–Kier alpha value is -1.88. The highest BCUT2D eigenvalue weighted by molar-refractivity contribution is 5.90. The summed E-state index contributed by atoms with van der Waals surface area (Å²) in [5, 5.41) is 11.5. The molecule has 104 valence electrons. The summed E-state index contributed by atoms with van der Waals surface area (Å²) in [6.07, 6.45) is 1.18. The molecule has 0 saturated heterocycles. The maximum absolute atomic E-state index is 11.5. The Bertz CT molecular complexity index is 429. The fourth-order valence-electron chi connectivity index (χ4n) is 1.76. The smallest absolute Gasteiger partial charge is 0.303 e. The van der Waals surface area contributed by atoms with Crippen LogP contribution >= 0.6 is 0 Å². The van der Waals surface area contributed by atoms with Gasteiger partial charge in [0.05, 0.1) is 6.42 Å². The van der Waals surface area contributed by atoms with Crippen LogP contribution in [0.5, 0.6) is 0 Å². The molecular weight excluding hydrogens is 244 g/mol. The van der Waals surface area contributed by atoms with E-state index in [2.05, 4.69) is 5.32 Å². The largest absolute Gasteiger partial charge is 0.481 e. The molecule has 0 aliphatic heterocycles. The fraction of sp³-hybridized carbons (Fsp3) is 0.429. The monoisotopic (exact) mass is 264 g/mol. The topological polar surface area (TPSA) is 92.4 Å². The first-order valence-corrected chi connectivity index (χ1v) is 6.34. The van der Waals surface area contributed by atoms with Gasteiger partial charge in [-0.15, -0.1) is 0 Å². The minimum absolute atomic E-state index is 0.0421. The number of carbonyl (C=O) groups is 2. The van der Waals surface area contributed by atoms with Crippen molar-refractivity contribution in [1.29, 1.82) is 0 Å². The van der Waals surface area contributed by atoms with Gasteiger partial charge in [0.1, 0.15) is 0 Å². The van der Waals surface area contributed by atoms with Crippen molar-refractivity contribution in [3.8, 4) is 0 Å². The standard InChI is InChI=1S/C14H20N2O3/c1-10(9-14(18)19)11-4-6-12(7-5-11)16-13(17)3-2-8-15/h4-7,10H,2-3,8-9,15H2,1H3,(H,16,17)(H,18,19). The average Bonchev–Trinajstić information content (AvgIpc) is 2.36. The number of amides is 1. The van der Waals surface area contributed by atoms with Crippen molar-refractivity contribution < 1.29 is 14.7 Å². The number of carboxylic acids is 1. The Morgan fingerprint density at radius 1 is 1.32 bits per heavy atom. The first-order valence-electron chi connectivity index (χ1n) is 6.34. The molecule has 0 heterocycles. The number of carbonyl (C=O) groups excluding carboxylic acids is 1. The first-order chi connectivity index (χ1) is 9.02. The van der Waals surface area contributed by atoms with Gasteiger partial charge in [-0.1, -0.05) is 19.1 Å². The molecule has 19 heavy (non-hydrogen) atoms. The van der Waals surface area contributed by atoms with Crippen molar-refractivity contribution in [2.24, 2.45) is 5.73 Å². The maximum atomic E-state index is 11.5. The number of carboxylic acid groups (broad SMARTS) is 1. The third kappa shape index (κ3) is 5.52. The molecule has 0 radical (unpaired) electrons. The summed E-state index contributed by atoms with van der Waals surface area (Å²) >= 11 is 0. The van der Waals surface area contributed by atoms with Gasteiger partial charge in [0.2, 0.25) is 5.91 Å². The summed E-state index contributed by atoms with van der Waals surface area (Å²) in [6, 6.07) is 7.25. The second-order valence-corrected chi connectivity index (χ2v) is 4.56. The number of hydrogen-bond donors (Lipinski definition) is 3. The van der Waals surface area contributed by atoms with Crippen molar-refractivity contribution in [3.63, 3.8) is 0 Å². The lowest BCUT2D eigenvalue weighted by Crippen LogP contribution is -2.13. The molecule has 0 aliphatic carbocycles. The van der Waals surface area contributed by atoms with Crippen LogP contribution in [0, 0.1) is 0 Å². The van der Waals surface area contributed by atoms with Crippen LogP contribution in [0.15, 0.2) is 24.3 Å². The van der Waals surface area contributed by atoms with Gasteiger partial charge in [-0.3, -0.25) is 9.59 Å². The summed E-state index contributed by atoms with van der Waals surface area (Å²) in [5.74, 6) is -0.914. The molecule has 0 aliphatic rings. The molecule has 0 bridgehead atoms. The van der Waals surface area contributed by atoms with E-state index in [-0.39, 0.29) is 18.2 Å². The fourth-order valence-corrected chi connectivity index (χ4v) is 1.76. The van der Waals surface area contributed by atoms with Gasteiger partial charge in [0.25, 0.3) is 0 Å². The van der Waals surface area contributed by atoms with Crippen LogP contribution in [0.2, 0.25) is 0 Å². The van der Waals surface area contributed by atoms with Crippen molar-refractivity contribution in [2.45, 2.75) is 32.1 Å². The molecule has 5 nitrogen and oxygen atoms in total. The zero-order valence-electron chi connectivity index (χ0n) is 11.1. The Morgan fingerprint density at radius 2 is 1.95 bits per heavy atom. The number of anilines is 1. The number of rotatable bonds is 7. The van der Waals surface area contributed by atoms with E-state index in [0.717, 1.165) is 5.56 Å². The van der Waals surface area contributed by atoms with Gasteiger partial charge in [0.15, 0.2) is 0 Å². The molecule has 1 aromatic carbocycles.